The first-order valence-electron chi connectivity index (χ1n) is 13.6. The summed E-state index contributed by atoms with van der Waals surface area (Å²) in [5.74, 6) is 9.28. The first kappa shape index (κ1) is 37.6. The van der Waals surface area contributed by atoms with E-state index in [1.165, 1.54) is 47.7 Å². The van der Waals surface area contributed by atoms with Crippen molar-refractivity contribution in [3.05, 3.63) is 108 Å². The van der Waals surface area contributed by atoms with Crippen molar-refractivity contribution in [2.24, 2.45) is 0 Å². The van der Waals surface area contributed by atoms with E-state index in [9.17, 15) is 14.0 Å². The van der Waals surface area contributed by atoms with Gasteiger partial charge >= 0.3 is 11.9 Å². The van der Waals surface area contributed by atoms with Gasteiger partial charge in [-0.25, -0.2) is 19.0 Å². The SMILES string of the molecule is CC.Cc1nc(C)c(C#Cc2cc(Cl)ccc2OCC(=O)O)s1.O=C(O)COc1ccc(Cl)cc1C#Cc1cc(CO)ccc1F. The summed E-state index contributed by atoms with van der Waals surface area (Å²) < 4.78 is 24.1. The van der Waals surface area contributed by atoms with Crippen molar-refractivity contribution in [2.75, 3.05) is 13.2 Å². The highest BCUT2D eigenvalue weighted by Crippen LogP contribution is 2.24. The predicted molar refractivity (Wildman–Crippen MR) is 176 cm³/mol. The number of carboxylic acid groups (broad SMARTS) is 2. The molecule has 0 aliphatic heterocycles. The molecule has 0 fully saturated rings. The van der Waals surface area contributed by atoms with Crippen molar-refractivity contribution in [1.82, 2.24) is 4.98 Å². The molecule has 46 heavy (non-hydrogen) atoms. The van der Waals surface area contributed by atoms with Gasteiger partial charge in [-0.15, -0.1) is 11.3 Å². The number of hydrogen-bond donors (Lipinski definition) is 3. The summed E-state index contributed by atoms with van der Waals surface area (Å²) in [4.78, 5) is 26.3. The van der Waals surface area contributed by atoms with Crippen molar-refractivity contribution in [3.63, 3.8) is 0 Å². The van der Waals surface area contributed by atoms with Gasteiger partial charge in [-0.2, -0.15) is 0 Å². The van der Waals surface area contributed by atoms with Crippen LogP contribution in [0, 0.1) is 43.3 Å². The number of aliphatic hydroxyl groups excluding tert-OH is 1. The van der Waals surface area contributed by atoms with Gasteiger partial charge in [-0.3, -0.25) is 0 Å². The second-order valence-electron chi connectivity index (χ2n) is 8.77. The summed E-state index contributed by atoms with van der Waals surface area (Å²) in [6.07, 6.45) is 0. The fourth-order valence-corrected chi connectivity index (χ4v) is 4.52. The van der Waals surface area contributed by atoms with Gasteiger partial charge in [-0.05, 0) is 73.9 Å². The molecular formula is C34H30Cl2FNO7S. The molecule has 12 heteroatoms. The molecular weight excluding hydrogens is 656 g/mol. The van der Waals surface area contributed by atoms with E-state index >= 15 is 0 Å². The van der Waals surface area contributed by atoms with Crippen molar-refractivity contribution >= 4 is 46.5 Å². The third-order valence-electron chi connectivity index (χ3n) is 5.34. The molecule has 0 unspecified atom stereocenters. The minimum atomic E-state index is -1.12. The molecule has 240 valence electrons. The number of aromatic nitrogens is 1. The van der Waals surface area contributed by atoms with Crippen LogP contribution in [0.3, 0.4) is 0 Å². The van der Waals surface area contributed by atoms with E-state index in [2.05, 4.69) is 28.7 Å². The molecule has 4 rings (SSSR count). The van der Waals surface area contributed by atoms with Gasteiger partial charge in [0.25, 0.3) is 0 Å². The van der Waals surface area contributed by atoms with Crippen LogP contribution in [0.1, 0.15) is 51.7 Å². The Bertz CT molecular complexity index is 1800. The van der Waals surface area contributed by atoms with Gasteiger partial charge in [0.15, 0.2) is 13.2 Å². The monoisotopic (exact) mass is 685 g/mol. The number of benzene rings is 3. The summed E-state index contributed by atoms with van der Waals surface area (Å²) in [6, 6.07) is 13.5. The summed E-state index contributed by atoms with van der Waals surface area (Å²) in [7, 11) is 0. The van der Waals surface area contributed by atoms with E-state index in [0.29, 0.717) is 32.5 Å². The van der Waals surface area contributed by atoms with Crippen LogP contribution in [0.2, 0.25) is 10.0 Å². The van der Waals surface area contributed by atoms with Crippen LogP contribution in [0.25, 0.3) is 0 Å². The molecule has 4 aromatic rings. The highest BCUT2D eigenvalue weighted by Gasteiger charge is 2.08. The number of carboxylic acids is 2. The first-order chi connectivity index (χ1) is 21.9. The normalized spacial score (nSPS) is 9.57. The number of halogens is 3. The van der Waals surface area contributed by atoms with E-state index in [4.69, 9.17) is 48.0 Å². The molecule has 0 amide bonds. The zero-order chi connectivity index (χ0) is 34.2. The number of nitrogens with zero attached hydrogens (tertiary/aromatic N) is 1. The molecule has 0 atom stereocenters. The number of thiazole rings is 1. The Labute approximate surface area is 280 Å². The third-order valence-corrected chi connectivity index (χ3v) is 6.80. The smallest absolute Gasteiger partial charge is 0.341 e. The van der Waals surface area contributed by atoms with E-state index in [-0.39, 0.29) is 17.9 Å². The zero-order valence-corrected chi connectivity index (χ0v) is 27.6. The Morgan fingerprint density at radius 2 is 1.30 bits per heavy atom. The third kappa shape index (κ3) is 12.4. The Hall–Kier alpha value is -4.58. The van der Waals surface area contributed by atoms with E-state index in [0.717, 1.165) is 15.6 Å². The lowest BCUT2D eigenvalue weighted by Crippen LogP contribution is -2.10. The second kappa shape index (κ2) is 19.1. The second-order valence-corrected chi connectivity index (χ2v) is 10.8. The van der Waals surface area contributed by atoms with Crippen LogP contribution in [-0.4, -0.2) is 45.5 Å². The molecule has 0 bridgehead atoms. The lowest BCUT2D eigenvalue weighted by molar-refractivity contribution is -0.140. The van der Waals surface area contributed by atoms with Crippen molar-refractivity contribution in [3.8, 4) is 35.2 Å². The van der Waals surface area contributed by atoms with E-state index in [1.54, 1.807) is 18.2 Å². The zero-order valence-electron chi connectivity index (χ0n) is 25.3. The molecule has 8 nitrogen and oxygen atoms in total. The maximum Gasteiger partial charge on any atom is 0.341 e. The summed E-state index contributed by atoms with van der Waals surface area (Å²) in [5.41, 5.74) is 2.41. The molecule has 3 aromatic carbocycles. The molecule has 0 saturated heterocycles. The van der Waals surface area contributed by atoms with Crippen LogP contribution in [0.4, 0.5) is 4.39 Å². The van der Waals surface area contributed by atoms with E-state index < -0.39 is 31.0 Å². The topological polar surface area (TPSA) is 126 Å². The average Bonchev–Trinajstić information content (AvgIpc) is 3.35. The quantitative estimate of drug-likeness (QED) is 0.175. The number of aliphatic carboxylic acids is 2. The average molecular weight is 687 g/mol. The van der Waals surface area contributed by atoms with Crippen LogP contribution >= 0.6 is 34.5 Å². The highest BCUT2D eigenvalue weighted by atomic mass is 35.5. The fourth-order valence-electron chi connectivity index (χ4n) is 3.40. The molecule has 1 aromatic heterocycles. The lowest BCUT2D eigenvalue weighted by Gasteiger charge is -2.06. The largest absolute Gasteiger partial charge is 0.481 e. The standard InChI is InChI=1S/C17H12ClFO4.C15H12ClNO3S.C2H6/c18-14-4-6-16(23-10-17(21)22)13(8-14)3-2-12-7-11(9-20)1-5-15(12)19;1-9-14(21-10(2)17-9)6-3-11-7-12(16)4-5-13(11)20-8-15(18)19;1-2/h1,4-8,20H,9-10H2,(H,21,22);4-5,7H,8H2,1-2H3,(H,18,19);1-2H3. The molecule has 0 spiro atoms. The Kier molecular flexibility index (Phi) is 15.6. The van der Waals surface area contributed by atoms with Crippen LogP contribution in [0.5, 0.6) is 11.5 Å². The van der Waals surface area contributed by atoms with Gasteiger partial charge in [0.1, 0.15) is 22.2 Å². The van der Waals surface area contributed by atoms with Gasteiger partial charge < -0.3 is 24.8 Å². The minimum absolute atomic E-state index is 0.112. The van der Waals surface area contributed by atoms with Crippen LogP contribution < -0.4 is 9.47 Å². The van der Waals surface area contributed by atoms with Crippen LogP contribution in [0.15, 0.2) is 54.6 Å². The summed E-state index contributed by atoms with van der Waals surface area (Å²) in [6.45, 7) is 6.65. The van der Waals surface area contributed by atoms with E-state index in [1.807, 2.05) is 27.7 Å². The van der Waals surface area contributed by atoms with Crippen molar-refractivity contribution in [1.29, 1.82) is 0 Å². The Balaban J connectivity index is 0.000000305. The number of carbonyl (C=O) groups is 2. The number of aliphatic hydroxyl groups is 1. The maximum absolute atomic E-state index is 13.7. The fraction of sp³-hybridized carbons (Fsp3) is 0.206. The van der Waals surface area contributed by atoms with Gasteiger partial charge in [0, 0.05) is 10.0 Å². The highest BCUT2D eigenvalue weighted by molar-refractivity contribution is 7.12. The molecule has 1 heterocycles. The molecule has 0 saturated carbocycles. The van der Waals surface area contributed by atoms with Gasteiger partial charge in [-0.1, -0.05) is 60.9 Å². The number of hydrogen-bond acceptors (Lipinski definition) is 7. The molecule has 0 aliphatic carbocycles. The molecule has 3 N–H and O–H groups in total. The van der Waals surface area contributed by atoms with Gasteiger partial charge in [0.05, 0.1) is 34.0 Å². The number of rotatable bonds is 7. The van der Waals surface area contributed by atoms with Crippen molar-refractivity contribution in [2.45, 2.75) is 34.3 Å². The minimum Gasteiger partial charge on any atom is -0.481 e. The maximum atomic E-state index is 13.7. The predicted octanol–water partition coefficient (Wildman–Crippen LogP) is 7.14. The molecule has 0 radical (unpaired) electrons. The number of ether oxygens (including phenoxy) is 2. The summed E-state index contributed by atoms with van der Waals surface area (Å²) in [5, 5.41) is 28.3. The molecule has 0 aliphatic rings. The first-order valence-corrected chi connectivity index (χ1v) is 15.2. The summed E-state index contributed by atoms with van der Waals surface area (Å²) >= 11 is 13.3. The lowest BCUT2D eigenvalue weighted by atomic mass is 10.1. The number of aryl methyl sites for hydroxylation is 2. The van der Waals surface area contributed by atoms with Crippen LogP contribution in [-0.2, 0) is 16.2 Å². The Morgan fingerprint density at radius 1 is 0.804 bits per heavy atom. The Morgan fingerprint density at radius 3 is 1.76 bits per heavy atom. The van der Waals surface area contributed by atoms with Crippen molar-refractivity contribution < 1.29 is 38.8 Å². The van der Waals surface area contributed by atoms with Gasteiger partial charge in [0.2, 0.25) is 0 Å².